The van der Waals surface area contributed by atoms with Gasteiger partial charge < -0.3 is 10.1 Å². The molecule has 1 amide bonds. The summed E-state index contributed by atoms with van der Waals surface area (Å²) in [4.78, 5) is 18.1. The summed E-state index contributed by atoms with van der Waals surface area (Å²) in [5, 5.41) is 5.41. The normalized spacial score (nSPS) is 21.4. The lowest BCUT2D eigenvalue weighted by Crippen LogP contribution is -2.44. The van der Waals surface area contributed by atoms with Crippen LogP contribution in [0.4, 0.5) is 5.13 Å². The molecule has 0 aromatic carbocycles. The molecule has 5 nitrogen and oxygen atoms in total. The van der Waals surface area contributed by atoms with Crippen molar-refractivity contribution in [2.75, 3.05) is 31.6 Å². The molecule has 1 atom stereocenters. The Balaban J connectivity index is 1.80. The summed E-state index contributed by atoms with van der Waals surface area (Å²) in [6.45, 7) is 6.67. The Hall–Kier alpha value is -0.980. The van der Waals surface area contributed by atoms with E-state index >= 15 is 0 Å². The van der Waals surface area contributed by atoms with E-state index in [0.29, 0.717) is 18.3 Å². The highest BCUT2D eigenvalue weighted by Crippen LogP contribution is 2.14. The van der Waals surface area contributed by atoms with E-state index in [1.807, 2.05) is 19.2 Å². The van der Waals surface area contributed by atoms with E-state index in [4.69, 9.17) is 4.74 Å². The van der Waals surface area contributed by atoms with Crippen molar-refractivity contribution in [1.29, 1.82) is 0 Å². The van der Waals surface area contributed by atoms with E-state index in [1.54, 1.807) is 0 Å². The molecule has 0 saturated carbocycles. The van der Waals surface area contributed by atoms with Gasteiger partial charge in [-0.1, -0.05) is 0 Å². The Morgan fingerprint density at radius 3 is 3.24 bits per heavy atom. The van der Waals surface area contributed by atoms with Gasteiger partial charge in [0.05, 0.1) is 24.9 Å². The molecule has 2 heterocycles. The number of rotatable bonds is 3. The van der Waals surface area contributed by atoms with Crippen molar-refractivity contribution < 1.29 is 9.53 Å². The van der Waals surface area contributed by atoms with E-state index in [-0.39, 0.29) is 12.0 Å². The molecule has 1 aliphatic rings. The number of nitrogens with one attached hydrogen (secondary N) is 1. The van der Waals surface area contributed by atoms with Crippen molar-refractivity contribution in [3.63, 3.8) is 0 Å². The van der Waals surface area contributed by atoms with Crippen LogP contribution < -0.4 is 5.32 Å². The SMILES string of the molecule is Cc1csc(NC(=O)CN2CCO[C@H](C)C2)n1. The average molecular weight is 255 g/mol. The summed E-state index contributed by atoms with van der Waals surface area (Å²) >= 11 is 1.45. The summed E-state index contributed by atoms with van der Waals surface area (Å²) in [6, 6.07) is 0. The average Bonchev–Trinajstić information content (AvgIpc) is 2.63. The second-order valence-electron chi connectivity index (χ2n) is 4.26. The first kappa shape index (κ1) is 12.5. The molecule has 1 aromatic heterocycles. The summed E-state index contributed by atoms with van der Waals surface area (Å²) in [6.07, 6.45) is 0.207. The molecule has 1 N–H and O–H groups in total. The van der Waals surface area contributed by atoms with Gasteiger partial charge in [-0.3, -0.25) is 9.69 Å². The minimum atomic E-state index is -0.00606. The van der Waals surface area contributed by atoms with Crippen molar-refractivity contribution in [1.82, 2.24) is 9.88 Å². The van der Waals surface area contributed by atoms with E-state index in [9.17, 15) is 4.79 Å². The zero-order valence-corrected chi connectivity index (χ0v) is 10.9. The van der Waals surface area contributed by atoms with Crippen LogP contribution in [0.3, 0.4) is 0 Å². The molecule has 0 unspecified atom stereocenters. The van der Waals surface area contributed by atoms with Gasteiger partial charge in [-0.15, -0.1) is 11.3 Å². The van der Waals surface area contributed by atoms with E-state index < -0.39 is 0 Å². The van der Waals surface area contributed by atoms with Crippen LogP contribution in [-0.2, 0) is 9.53 Å². The number of hydrogen-bond acceptors (Lipinski definition) is 5. The topological polar surface area (TPSA) is 54.5 Å². The monoisotopic (exact) mass is 255 g/mol. The van der Waals surface area contributed by atoms with Crippen LogP contribution in [0.25, 0.3) is 0 Å². The Morgan fingerprint density at radius 1 is 1.76 bits per heavy atom. The van der Waals surface area contributed by atoms with Crippen LogP contribution in [0, 0.1) is 6.92 Å². The van der Waals surface area contributed by atoms with Crippen molar-refractivity contribution >= 4 is 22.4 Å². The minimum Gasteiger partial charge on any atom is -0.376 e. The number of hydrogen-bond donors (Lipinski definition) is 1. The molecule has 1 aliphatic heterocycles. The number of thiazole rings is 1. The highest BCUT2D eigenvalue weighted by Gasteiger charge is 2.19. The number of morpholine rings is 1. The minimum absolute atomic E-state index is 0.00606. The van der Waals surface area contributed by atoms with Crippen LogP contribution in [0.15, 0.2) is 5.38 Å². The molecule has 0 bridgehead atoms. The number of aromatic nitrogens is 1. The van der Waals surface area contributed by atoms with Crippen LogP contribution in [0.2, 0.25) is 0 Å². The molecule has 17 heavy (non-hydrogen) atoms. The molecule has 1 saturated heterocycles. The fourth-order valence-corrected chi connectivity index (χ4v) is 2.51. The van der Waals surface area contributed by atoms with Crippen molar-refractivity contribution in [2.45, 2.75) is 20.0 Å². The maximum Gasteiger partial charge on any atom is 0.240 e. The van der Waals surface area contributed by atoms with Crippen molar-refractivity contribution in [3.05, 3.63) is 11.1 Å². The smallest absolute Gasteiger partial charge is 0.240 e. The Morgan fingerprint density at radius 2 is 2.59 bits per heavy atom. The van der Waals surface area contributed by atoms with Gasteiger partial charge in [0.15, 0.2) is 5.13 Å². The second kappa shape index (κ2) is 5.57. The van der Waals surface area contributed by atoms with Gasteiger partial charge >= 0.3 is 0 Å². The van der Waals surface area contributed by atoms with Crippen LogP contribution in [-0.4, -0.2) is 48.1 Å². The number of carbonyl (C=O) groups is 1. The van der Waals surface area contributed by atoms with Crippen LogP contribution in [0.5, 0.6) is 0 Å². The molecule has 0 aliphatic carbocycles. The third-order valence-corrected chi connectivity index (χ3v) is 3.43. The van der Waals surface area contributed by atoms with E-state index in [0.717, 1.165) is 18.8 Å². The molecular formula is C11H17N3O2S. The number of nitrogens with zero attached hydrogens (tertiary/aromatic N) is 2. The summed E-state index contributed by atoms with van der Waals surface area (Å²) in [5.74, 6) is -0.00606. The fraction of sp³-hybridized carbons (Fsp3) is 0.636. The number of aryl methyl sites for hydroxylation is 1. The lowest BCUT2D eigenvalue weighted by Gasteiger charge is -2.30. The first-order valence-corrected chi connectivity index (χ1v) is 6.57. The predicted octanol–water partition coefficient (Wildman–Crippen LogP) is 1.11. The maximum absolute atomic E-state index is 11.8. The number of amides is 1. The standard InChI is InChI=1S/C11H17N3O2S/c1-8-7-17-11(12-8)13-10(15)6-14-3-4-16-9(2)5-14/h7,9H,3-6H2,1-2H3,(H,12,13,15)/t9-/m1/s1. The fourth-order valence-electron chi connectivity index (χ4n) is 1.81. The van der Waals surface area contributed by atoms with Gasteiger partial charge in [-0.2, -0.15) is 0 Å². The first-order chi connectivity index (χ1) is 8.13. The largest absolute Gasteiger partial charge is 0.376 e. The number of carbonyl (C=O) groups excluding carboxylic acids is 1. The summed E-state index contributed by atoms with van der Waals surface area (Å²) in [5.41, 5.74) is 0.935. The quantitative estimate of drug-likeness (QED) is 0.879. The molecule has 0 spiro atoms. The molecule has 1 fully saturated rings. The van der Waals surface area contributed by atoms with Gasteiger partial charge in [0.25, 0.3) is 0 Å². The van der Waals surface area contributed by atoms with Gasteiger partial charge in [-0.05, 0) is 13.8 Å². The lowest BCUT2D eigenvalue weighted by atomic mass is 10.3. The molecule has 94 valence electrons. The van der Waals surface area contributed by atoms with Crippen LogP contribution >= 0.6 is 11.3 Å². The van der Waals surface area contributed by atoms with Crippen molar-refractivity contribution in [2.24, 2.45) is 0 Å². The molecular weight excluding hydrogens is 238 g/mol. The van der Waals surface area contributed by atoms with Gasteiger partial charge in [0.1, 0.15) is 0 Å². The second-order valence-corrected chi connectivity index (χ2v) is 5.12. The van der Waals surface area contributed by atoms with E-state index in [1.165, 1.54) is 11.3 Å². The highest BCUT2D eigenvalue weighted by molar-refractivity contribution is 7.13. The predicted molar refractivity (Wildman–Crippen MR) is 67.3 cm³/mol. The van der Waals surface area contributed by atoms with Gasteiger partial charge in [-0.25, -0.2) is 4.98 Å². The number of ether oxygens (including phenoxy) is 1. The third-order valence-electron chi connectivity index (χ3n) is 2.56. The maximum atomic E-state index is 11.8. The Labute approximate surface area is 105 Å². The van der Waals surface area contributed by atoms with E-state index in [2.05, 4.69) is 15.2 Å². The molecule has 1 aromatic rings. The Bertz CT molecular complexity index is 394. The summed E-state index contributed by atoms with van der Waals surface area (Å²) < 4.78 is 5.43. The zero-order valence-electron chi connectivity index (χ0n) is 10.1. The van der Waals surface area contributed by atoms with Gasteiger partial charge in [0.2, 0.25) is 5.91 Å². The molecule has 2 rings (SSSR count). The number of anilines is 1. The lowest BCUT2D eigenvalue weighted by molar-refractivity contribution is -0.119. The molecule has 6 heteroatoms. The Kier molecular flexibility index (Phi) is 4.09. The highest BCUT2D eigenvalue weighted by atomic mass is 32.1. The first-order valence-electron chi connectivity index (χ1n) is 5.69. The van der Waals surface area contributed by atoms with Gasteiger partial charge in [0, 0.05) is 18.5 Å². The van der Waals surface area contributed by atoms with Crippen molar-refractivity contribution in [3.8, 4) is 0 Å². The zero-order chi connectivity index (χ0) is 12.3. The molecule has 0 radical (unpaired) electrons. The third kappa shape index (κ3) is 3.76. The van der Waals surface area contributed by atoms with Crippen LogP contribution in [0.1, 0.15) is 12.6 Å². The summed E-state index contributed by atoms with van der Waals surface area (Å²) in [7, 11) is 0.